The molecular formula is C13H11ClINO. The van der Waals surface area contributed by atoms with E-state index in [0.717, 1.165) is 14.9 Å². The van der Waals surface area contributed by atoms with E-state index in [1.54, 1.807) is 0 Å². The van der Waals surface area contributed by atoms with Gasteiger partial charge in [0.25, 0.3) is 0 Å². The van der Waals surface area contributed by atoms with Gasteiger partial charge in [-0.15, -0.1) is 0 Å². The Labute approximate surface area is 119 Å². The van der Waals surface area contributed by atoms with E-state index in [0.29, 0.717) is 17.3 Å². The Kier molecular flexibility index (Phi) is 4.25. The maximum absolute atomic E-state index is 6.07. The van der Waals surface area contributed by atoms with E-state index >= 15 is 0 Å². The van der Waals surface area contributed by atoms with Gasteiger partial charge in [-0.05, 0) is 52.9 Å². The van der Waals surface area contributed by atoms with E-state index in [-0.39, 0.29) is 0 Å². The molecule has 2 nitrogen and oxygen atoms in total. The predicted octanol–water partition coefficient (Wildman–Crippen LogP) is 4.20. The summed E-state index contributed by atoms with van der Waals surface area (Å²) in [6, 6.07) is 13.4. The highest BCUT2D eigenvalue weighted by Gasteiger charge is 2.07. The number of hydrogen-bond donors (Lipinski definition) is 1. The van der Waals surface area contributed by atoms with E-state index < -0.39 is 0 Å². The Bertz CT molecular complexity index is 531. The molecule has 0 aliphatic heterocycles. The van der Waals surface area contributed by atoms with Crippen LogP contribution in [-0.2, 0) is 6.54 Å². The smallest absolute Gasteiger partial charge is 0.133 e. The molecule has 88 valence electrons. The molecule has 0 unspecified atom stereocenters. The number of ether oxygens (including phenoxy) is 1. The summed E-state index contributed by atoms with van der Waals surface area (Å²) in [6.45, 7) is 0.360. The van der Waals surface area contributed by atoms with Crippen LogP contribution in [0.25, 0.3) is 0 Å². The summed E-state index contributed by atoms with van der Waals surface area (Å²) < 4.78 is 6.91. The maximum atomic E-state index is 6.07. The van der Waals surface area contributed by atoms with Crippen molar-refractivity contribution in [1.29, 1.82) is 0 Å². The summed E-state index contributed by atoms with van der Waals surface area (Å²) in [7, 11) is 0. The summed E-state index contributed by atoms with van der Waals surface area (Å²) in [5.41, 5.74) is 6.50. The number of halogens is 2. The van der Waals surface area contributed by atoms with Gasteiger partial charge in [0.2, 0.25) is 0 Å². The van der Waals surface area contributed by atoms with Gasteiger partial charge < -0.3 is 10.5 Å². The summed E-state index contributed by atoms with van der Waals surface area (Å²) >= 11 is 8.31. The summed E-state index contributed by atoms with van der Waals surface area (Å²) in [5, 5.41) is 0.635. The van der Waals surface area contributed by atoms with Crippen molar-refractivity contribution in [2.45, 2.75) is 6.54 Å². The quantitative estimate of drug-likeness (QED) is 0.834. The monoisotopic (exact) mass is 359 g/mol. The third-order valence-electron chi connectivity index (χ3n) is 2.30. The summed E-state index contributed by atoms with van der Waals surface area (Å²) in [5.74, 6) is 1.50. The average molecular weight is 360 g/mol. The first-order valence-corrected chi connectivity index (χ1v) is 6.57. The van der Waals surface area contributed by atoms with E-state index in [4.69, 9.17) is 22.1 Å². The molecule has 0 heterocycles. The van der Waals surface area contributed by atoms with Gasteiger partial charge in [-0.1, -0.05) is 23.7 Å². The van der Waals surface area contributed by atoms with Gasteiger partial charge >= 0.3 is 0 Å². The zero-order chi connectivity index (χ0) is 12.3. The lowest BCUT2D eigenvalue weighted by Crippen LogP contribution is -2.00. The lowest BCUT2D eigenvalue weighted by atomic mass is 10.2. The highest BCUT2D eigenvalue weighted by Crippen LogP contribution is 2.30. The molecule has 0 radical (unpaired) electrons. The van der Waals surface area contributed by atoms with Crippen LogP contribution >= 0.6 is 34.2 Å². The Hall–Kier alpha value is -0.780. The third-order valence-corrected chi connectivity index (χ3v) is 3.33. The minimum Gasteiger partial charge on any atom is -0.457 e. The molecule has 0 bridgehead atoms. The molecule has 2 rings (SSSR count). The molecule has 17 heavy (non-hydrogen) atoms. The van der Waals surface area contributed by atoms with Gasteiger partial charge in [-0.2, -0.15) is 0 Å². The minimum absolute atomic E-state index is 0.360. The number of nitrogens with two attached hydrogens (primary N) is 1. The van der Waals surface area contributed by atoms with Crippen LogP contribution in [0.4, 0.5) is 0 Å². The maximum Gasteiger partial charge on any atom is 0.133 e. The van der Waals surface area contributed by atoms with Gasteiger partial charge in [-0.25, -0.2) is 0 Å². The van der Waals surface area contributed by atoms with Crippen LogP contribution in [-0.4, -0.2) is 0 Å². The summed E-state index contributed by atoms with van der Waals surface area (Å²) in [4.78, 5) is 0. The first-order chi connectivity index (χ1) is 8.20. The van der Waals surface area contributed by atoms with Crippen molar-refractivity contribution in [3.05, 3.63) is 56.6 Å². The fourth-order valence-corrected chi connectivity index (χ4v) is 2.25. The van der Waals surface area contributed by atoms with Gasteiger partial charge in [0.15, 0.2) is 0 Å². The largest absolute Gasteiger partial charge is 0.457 e. The van der Waals surface area contributed by atoms with Crippen molar-refractivity contribution in [3.63, 3.8) is 0 Å². The van der Waals surface area contributed by atoms with Crippen LogP contribution in [0.3, 0.4) is 0 Å². The molecule has 2 aromatic carbocycles. The lowest BCUT2D eigenvalue weighted by Gasteiger charge is -2.11. The molecule has 0 saturated carbocycles. The van der Waals surface area contributed by atoms with Crippen LogP contribution in [0.2, 0.25) is 5.02 Å². The Morgan fingerprint density at radius 1 is 1.18 bits per heavy atom. The average Bonchev–Trinajstić information content (AvgIpc) is 2.29. The van der Waals surface area contributed by atoms with E-state index in [1.165, 1.54) is 0 Å². The molecule has 4 heteroatoms. The molecular weight excluding hydrogens is 349 g/mol. The molecule has 0 amide bonds. The fraction of sp³-hybridized carbons (Fsp3) is 0.0769. The first-order valence-electron chi connectivity index (χ1n) is 5.11. The highest BCUT2D eigenvalue weighted by atomic mass is 127. The van der Waals surface area contributed by atoms with Crippen molar-refractivity contribution in [3.8, 4) is 11.5 Å². The molecule has 0 aliphatic carbocycles. The van der Waals surface area contributed by atoms with Crippen molar-refractivity contribution in [2.75, 3.05) is 0 Å². The van der Waals surface area contributed by atoms with Gasteiger partial charge in [0, 0.05) is 20.7 Å². The SMILES string of the molecule is NCc1c(Cl)cccc1Oc1cccc(I)c1. The van der Waals surface area contributed by atoms with Crippen molar-refractivity contribution < 1.29 is 4.74 Å². The molecule has 0 aliphatic rings. The summed E-state index contributed by atoms with van der Waals surface area (Å²) in [6.07, 6.45) is 0. The number of hydrogen-bond acceptors (Lipinski definition) is 2. The number of rotatable bonds is 3. The molecule has 0 aromatic heterocycles. The molecule has 2 aromatic rings. The molecule has 2 N–H and O–H groups in total. The standard InChI is InChI=1S/C13H11ClINO/c14-12-5-2-6-13(11(12)8-16)17-10-4-1-3-9(15)7-10/h1-7H,8,16H2. The van der Waals surface area contributed by atoms with Gasteiger partial charge in [-0.3, -0.25) is 0 Å². The zero-order valence-corrected chi connectivity index (χ0v) is 11.9. The van der Waals surface area contributed by atoms with Crippen LogP contribution in [0, 0.1) is 3.57 Å². The van der Waals surface area contributed by atoms with Crippen molar-refractivity contribution in [2.24, 2.45) is 5.73 Å². The molecule has 0 atom stereocenters. The second-order valence-electron chi connectivity index (χ2n) is 3.48. The van der Waals surface area contributed by atoms with Gasteiger partial charge in [0.05, 0.1) is 0 Å². The fourth-order valence-electron chi connectivity index (χ4n) is 1.49. The Balaban J connectivity index is 2.33. The normalized spacial score (nSPS) is 10.3. The predicted molar refractivity (Wildman–Crippen MR) is 78.6 cm³/mol. The van der Waals surface area contributed by atoms with E-state index in [2.05, 4.69) is 22.6 Å². The lowest BCUT2D eigenvalue weighted by molar-refractivity contribution is 0.476. The van der Waals surface area contributed by atoms with Crippen LogP contribution in [0.1, 0.15) is 5.56 Å². The first kappa shape index (κ1) is 12.7. The topological polar surface area (TPSA) is 35.2 Å². The van der Waals surface area contributed by atoms with Crippen LogP contribution in [0.5, 0.6) is 11.5 Å². The second kappa shape index (κ2) is 5.71. The van der Waals surface area contributed by atoms with Crippen molar-refractivity contribution >= 4 is 34.2 Å². The number of benzene rings is 2. The highest BCUT2D eigenvalue weighted by molar-refractivity contribution is 14.1. The van der Waals surface area contributed by atoms with Crippen molar-refractivity contribution in [1.82, 2.24) is 0 Å². The van der Waals surface area contributed by atoms with Crippen LogP contribution in [0.15, 0.2) is 42.5 Å². The van der Waals surface area contributed by atoms with E-state index in [9.17, 15) is 0 Å². The zero-order valence-electron chi connectivity index (χ0n) is 8.99. The van der Waals surface area contributed by atoms with Crippen LogP contribution < -0.4 is 10.5 Å². The van der Waals surface area contributed by atoms with E-state index in [1.807, 2.05) is 42.5 Å². The van der Waals surface area contributed by atoms with Gasteiger partial charge in [0.1, 0.15) is 11.5 Å². The Morgan fingerprint density at radius 2 is 1.94 bits per heavy atom. The Morgan fingerprint density at radius 3 is 2.65 bits per heavy atom. The minimum atomic E-state index is 0.360. The molecule has 0 saturated heterocycles. The molecule has 0 spiro atoms. The third kappa shape index (κ3) is 3.12. The second-order valence-corrected chi connectivity index (χ2v) is 5.13. The molecule has 0 fully saturated rings.